The fourth-order valence-electron chi connectivity index (χ4n) is 3.36. The van der Waals surface area contributed by atoms with Gasteiger partial charge in [-0.25, -0.2) is 0 Å². The third-order valence-corrected chi connectivity index (χ3v) is 4.33. The van der Waals surface area contributed by atoms with E-state index in [0.717, 1.165) is 19.5 Å². The van der Waals surface area contributed by atoms with Gasteiger partial charge in [-0.15, -0.1) is 0 Å². The summed E-state index contributed by atoms with van der Waals surface area (Å²) in [4.78, 5) is 5.33. The van der Waals surface area contributed by atoms with Crippen LogP contribution in [0.1, 0.15) is 25.8 Å². The molecule has 0 aliphatic carbocycles. The van der Waals surface area contributed by atoms with Crippen molar-refractivity contribution in [1.82, 2.24) is 4.90 Å². The maximum absolute atomic E-state index is 8.72. The Balaban J connectivity index is 1.74. The van der Waals surface area contributed by atoms with Crippen LogP contribution in [-0.4, -0.2) is 42.0 Å². The van der Waals surface area contributed by atoms with E-state index in [4.69, 9.17) is 15.0 Å². The van der Waals surface area contributed by atoms with Crippen LogP contribution in [-0.2, 0) is 16.0 Å². The van der Waals surface area contributed by atoms with E-state index < -0.39 is 5.79 Å². The molecule has 22 heavy (non-hydrogen) atoms. The Kier molecular flexibility index (Phi) is 4.36. The van der Waals surface area contributed by atoms with Crippen molar-refractivity contribution in [1.29, 1.82) is 0 Å². The highest BCUT2D eigenvalue weighted by Gasteiger charge is 2.43. The zero-order valence-electron chi connectivity index (χ0n) is 13.1. The molecule has 6 nitrogen and oxygen atoms in total. The second-order valence-electron chi connectivity index (χ2n) is 6.44. The smallest absolute Gasteiger partial charge is 0.163 e. The molecule has 1 aromatic rings. The first-order valence-electron chi connectivity index (χ1n) is 7.71. The Morgan fingerprint density at radius 1 is 1.36 bits per heavy atom. The molecule has 2 heterocycles. The lowest BCUT2D eigenvalue weighted by molar-refractivity contribution is -0.145. The summed E-state index contributed by atoms with van der Waals surface area (Å²) >= 11 is 0. The van der Waals surface area contributed by atoms with Gasteiger partial charge in [-0.05, 0) is 31.4 Å². The largest absolute Gasteiger partial charge is 0.348 e. The van der Waals surface area contributed by atoms with E-state index >= 15 is 0 Å². The second-order valence-corrected chi connectivity index (χ2v) is 6.44. The fourth-order valence-corrected chi connectivity index (χ4v) is 3.36. The minimum absolute atomic E-state index is 0.00558. The van der Waals surface area contributed by atoms with E-state index in [1.165, 1.54) is 5.56 Å². The highest BCUT2D eigenvalue weighted by Crippen LogP contribution is 2.32. The van der Waals surface area contributed by atoms with Gasteiger partial charge in [-0.3, -0.25) is 4.90 Å². The number of ether oxygens (including phenoxy) is 2. The van der Waals surface area contributed by atoms with Crippen molar-refractivity contribution in [3.63, 3.8) is 0 Å². The van der Waals surface area contributed by atoms with Gasteiger partial charge in [-0.1, -0.05) is 35.4 Å². The molecule has 1 aromatic carbocycles. The topological polar surface area (TPSA) is 70.5 Å². The quantitative estimate of drug-likeness (QED) is 0.487. The lowest BCUT2D eigenvalue weighted by Gasteiger charge is -2.29. The van der Waals surface area contributed by atoms with Crippen molar-refractivity contribution >= 4 is 0 Å². The predicted molar refractivity (Wildman–Crippen MR) is 83.1 cm³/mol. The van der Waals surface area contributed by atoms with Crippen LogP contribution in [0.15, 0.2) is 35.4 Å². The standard InChI is InChI=1S/C16H22N4O2/c1-16(2)21-11-15(22-16)14-8-13(18-19-17)10-20(14)9-12-6-4-3-5-7-12/h3-7,13-15H,8-11H2,1-2H3/t13-,14-,15+/m0/s1. The number of hydrogen-bond acceptors (Lipinski definition) is 4. The molecule has 0 aromatic heterocycles. The third-order valence-electron chi connectivity index (χ3n) is 4.33. The van der Waals surface area contributed by atoms with E-state index in [0.29, 0.717) is 6.61 Å². The Morgan fingerprint density at radius 3 is 2.77 bits per heavy atom. The molecule has 0 N–H and O–H groups in total. The highest BCUT2D eigenvalue weighted by atomic mass is 16.7. The SMILES string of the molecule is CC1(C)OC[C@H]([C@@H]2C[C@H](N=[N+]=[N-])CN2Cc2ccccc2)O1. The molecule has 0 bridgehead atoms. The van der Waals surface area contributed by atoms with Crippen LogP contribution in [0.2, 0.25) is 0 Å². The lowest BCUT2D eigenvalue weighted by atomic mass is 10.1. The molecule has 6 heteroatoms. The third kappa shape index (κ3) is 3.42. The second kappa shape index (κ2) is 6.26. The van der Waals surface area contributed by atoms with Crippen molar-refractivity contribution in [2.75, 3.05) is 13.2 Å². The van der Waals surface area contributed by atoms with Crippen LogP contribution >= 0.6 is 0 Å². The normalized spacial score (nSPS) is 31.1. The van der Waals surface area contributed by atoms with Gasteiger partial charge >= 0.3 is 0 Å². The maximum atomic E-state index is 8.72. The minimum atomic E-state index is -0.528. The van der Waals surface area contributed by atoms with Gasteiger partial charge in [0.15, 0.2) is 5.79 Å². The molecule has 2 saturated heterocycles. The number of benzene rings is 1. The van der Waals surface area contributed by atoms with Gasteiger partial charge < -0.3 is 9.47 Å². The molecule has 0 unspecified atom stereocenters. The van der Waals surface area contributed by atoms with Gasteiger partial charge in [0.2, 0.25) is 0 Å². The zero-order valence-corrected chi connectivity index (χ0v) is 13.1. The average molecular weight is 302 g/mol. The summed E-state index contributed by atoms with van der Waals surface area (Å²) in [6.07, 6.45) is 0.846. The molecule has 0 radical (unpaired) electrons. The molecule has 2 aliphatic rings. The van der Waals surface area contributed by atoms with Crippen LogP contribution in [0.4, 0.5) is 0 Å². The molecule has 2 aliphatic heterocycles. The summed E-state index contributed by atoms with van der Waals surface area (Å²) in [5.74, 6) is -0.528. The summed E-state index contributed by atoms with van der Waals surface area (Å²) in [5.41, 5.74) is 9.98. The van der Waals surface area contributed by atoms with E-state index in [1.807, 2.05) is 32.0 Å². The molecule has 3 rings (SSSR count). The Hall–Kier alpha value is -1.59. The minimum Gasteiger partial charge on any atom is -0.348 e. The van der Waals surface area contributed by atoms with Crippen molar-refractivity contribution in [3.05, 3.63) is 46.3 Å². The number of likely N-dealkylation sites (tertiary alicyclic amines) is 1. The monoisotopic (exact) mass is 302 g/mol. The fraction of sp³-hybridized carbons (Fsp3) is 0.625. The molecular weight excluding hydrogens is 280 g/mol. The molecule has 0 spiro atoms. The van der Waals surface area contributed by atoms with Gasteiger partial charge in [0.05, 0.1) is 18.8 Å². The summed E-state index contributed by atoms with van der Waals surface area (Å²) in [6, 6.07) is 10.6. The first kappa shape index (κ1) is 15.3. The van der Waals surface area contributed by atoms with Gasteiger partial charge in [0.1, 0.15) is 0 Å². The average Bonchev–Trinajstić information content (AvgIpc) is 3.04. The van der Waals surface area contributed by atoms with Gasteiger partial charge in [0, 0.05) is 24.0 Å². The Morgan fingerprint density at radius 2 is 2.14 bits per heavy atom. The first-order valence-corrected chi connectivity index (χ1v) is 7.71. The molecular formula is C16H22N4O2. The summed E-state index contributed by atoms with van der Waals surface area (Å²) in [5, 5.41) is 3.92. The molecule has 0 saturated carbocycles. The van der Waals surface area contributed by atoms with Crippen LogP contribution in [0.3, 0.4) is 0 Å². The van der Waals surface area contributed by atoms with E-state index in [9.17, 15) is 0 Å². The number of azide groups is 1. The van der Waals surface area contributed by atoms with Gasteiger partial charge in [0.25, 0.3) is 0 Å². The lowest BCUT2D eigenvalue weighted by Crippen LogP contribution is -2.40. The summed E-state index contributed by atoms with van der Waals surface area (Å²) in [7, 11) is 0. The first-order chi connectivity index (χ1) is 10.6. The molecule has 0 amide bonds. The zero-order chi connectivity index (χ0) is 15.6. The van der Waals surface area contributed by atoms with Crippen molar-refractivity contribution in [2.24, 2.45) is 5.11 Å². The van der Waals surface area contributed by atoms with Crippen LogP contribution < -0.4 is 0 Å². The van der Waals surface area contributed by atoms with E-state index in [2.05, 4.69) is 27.1 Å². The van der Waals surface area contributed by atoms with Crippen molar-refractivity contribution in [3.8, 4) is 0 Å². The van der Waals surface area contributed by atoms with Crippen LogP contribution in [0.25, 0.3) is 10.4 Å². The molecule has 118 valence electrons. The summed E-state index contributed by atoms with van der Waals surface area (Å²) < 4.78 is 11.7. The van der Waals surface area contributed by atoms with E-state index in [1.54, 1.807) is 0 Å². The van der Waals surface area contributed by atoms with Crippen molar-refractivity contribution in [2.45, 2.75) is 50.8 Å². The molecule has 2 fully saturated rings. The molecule has 3 atom stereocenters. The van der Waals surface area contributed by atoms with Crippen molar-refractivity contribution < 1.29 is 9.47 Å². The highest BCUT2D eigenvalue weighted by molar-refractivity contribution is 5.15. The number of rotatable bonds is 4. The Bertz CT molecular complexity index is 557. The van der Waals surface area contributed by atoms with Crippen LogP contribution in [0.5, 0.6) is 0 Å². The van der Waals surface area contributed by atoms with Gasteiger partial charge in [-0.2, -0.15) is 0 Å². The number of hydrogen-bond donors (Lipinski definition) is 0. The predicted octanol–water partition coefficient (Wildman–Crippen LogP) is 3.09. The van der Waals surface area contributed by atoms with Crippen LogP contribution in [0, 0.1) is 0 Å². The summed E-state index contributed by atoms with van der Waals surface area (Å²) in [6.45, 7) is 6.07. The Labute approximate surface area is 130 Å². The maximum Gasteiger partial charge on any atom is 0.163 e. The van der Waals surface area contributed by atoms with E-state index in [-0.39, 0.29) is 18.2 Å². The number of nitrogens with zero attached hydrogens (tertiary/aromatic N) is 4.